The molecule has 2 N–H and O–H groups in total. The van der Waals surface area contributed by atoms with Gasteiger partial charge in [-0.3, -0.25) is 9.59 Å². The zero-order chi connectivity index (χ0) is 18.2. The highest BCUT2D eigenvalue weighted by Crippen LogP contribution is 2.18. The molecule has 0 bridgehead atoms. The molecule has 134 valence electrons. The summed E-state index contributed by atoms with van der Waals surface area (Å²) in [7, 11) is 0. The molecule has 7 heteroatoms. The number of amides is 2. The Morgan fingerprint density at radius 1 is 1.20 bits per heavy atom. The van der Waals surface area contributed by atoms with Gasteiger partial charge in [0.25, 0.3) is 0 Å². The molecule has 2 aromatic rings. The van der Waals surface area contributed by atoms with Gasteiger partial charge in [-0.15, -0.1) is 10.2 Å². The van der Waals surface area contributed by atoms with Crippen molar-refractivity contribution >= 4 is 11.8 Å². The van der Waals surface area contributed by atoms with Crippen LogP contribution >= 0.6 is 0 Å². The number of carbonyl (C=O) groups excluding carboxylic acids is 2. The van der Waals surface area contributed by atoms with Gasteiger partial charge in [-0.05, 0) is 32.4 Å². The quantitative estimate of drug-likeness (QED) is 0.763. The molecule has 2 rings (SSSR count). The molecule has 2 amide bonds. The van der Waals surface area contributed by atoms with Crippen molar-refractivity contribution in [1.29, 1.82) is 0 Å². The molecule has 1 aromatic heterocycles. The zero-order valence-electron chi connectivity index (χ0n) is 14.8. The largest absolute Gasteiger partial charge is 0.421 e. The van der Waals surface area contributed by atoms with Crippen molar-refractivity contribution < 1.29 is 14.0 Å². The monoisotopic (exact) mass is 344 g/mol. The van der Waals surface area contributed by atoms with Crippen LogP contribution < -0.4 is 10.6 Å². The fourth-order valence-electron chi connectivity index (χ4n) is 2.17. The van der Waals surface area contributed by atoms with Crippen LogP contribution in [-0.4, -0.2) is 34.6 Å². The van der Waals surface area contributed by atoms with Crippen molar-refractivity contribution in [3.8, 4) is 11.5 Å². The Balaban J connectivity index is 1.82. The summed E-state index contributed by atoms with van der Waals surface area (Å²) in [5, 5.41) is 13.4. The Bertz CT molecular complexity index is 709. The number of carbonyl (C=O) groups is 2. The third-order valence-electron chi connectivity index (χ3n) is 3.65. The van der Waals surface area contributed by atoms with E-state index in [4.69, 9.17) is 4.42 Å². The van der Waals surface area contributed by atoms with Crippen molar-refractivity contribution in [2.45, 2.75) is 46.1 Å². The lowest BCUT2D eigenvalue weighted by Gasteiger charge is -2.13. The topological polar surface area (TPSA) is 97.1 Å². The minimum Gasteiger partial charge on any atom is -0.421 e. The predicted molar refractivity (Wildman–Crippen MR) is 93.7 cm³/mol. The lowest BCUT2D eigenvalue weighted by molar-refractivity contribution is -0.128. The maximum Gasteiger partial charge on any atom is 0.247 e. The second-order valence-electron chi connectivity index (χ2n) is 5.95. The van der Waals surface area contributed by atoms with Crippen LogP contribution in [0, 0.1) is 6.92 Å². The maximum absolute atomic E-state index is 11.9. The summed E-state index contributed by atoms with van der Waals surface area (Å²) in [6.07, 6.45) is 1.36. The number of hydrogen-bond acceptors (Lipinski definition) is 5. The summed E-state index contributed by atoms with van der Waals surface area (Å²) in [5.74, 6) is 0.417. The van der Waals surface area contributed by atoms with Crippen LogP contribution in [0.5, 0.6) is 0 Å². The maximum atomic E-state index is 11.9. The van der Waals surface area contributed by atoms with E-state index in [0.29, 0.717) is 24.7 Å². The second kappa shape index (κ2) is 8.96. The van der Waals surface area contributed by atoms with E-state index in [2.05, 4.69) is 20.8 Å². The number of aryl methyl sites for hydroxylation is 2. The van der Waals surface area contributed by atoms with Gasteiger partial charge >= 0.3 is 0 Å². The first kappa shape index (κ1) is 18.6. The molecule has 1 atom stereocenters. The molecule has 0 fully saturated rings. The Kier molecular flexibility index (Phi) is 6.68. The van der Waals surface area contributed by atoms with E-state index < -0.39 is 6.04 Å². The lowest BCUT2D eigenvalue weighted by atomic mass is 10.1. The minimum atomic E-state index is -0.565. The van der Waals surface area contributed by atoms with E-state index in [9.17, 15) is 9.59 Å². The standard InChI is InChI=1S/C18H24N4O3/c1-4-11-19-17(24)13(3)20-15(23)9-10-16-21-22-18(25-16)14-7-5-12(2)6-8-14/h5-8,13H,4,9-11H2,1-3H3,(H,19,24)(H,20,23). The SMILES string of the molecule is CCCNC(=O)C(C)NC(=O)CCc1nnc(-c2ccc(C)cc2)o1. The molecule has 0 aliphatic rings. The van der Waals surface area contributed by atoms with E-state index in [1.54, 1.807) is 6.92 Å². The predicted octanol–water partition coefficient (Wildman–Crippen LogP) is 2.01. The average Bonchev–Trinajstić information content (AvgIpc) is 3.07. The van der Waals surface area contributed by atoms with Gasteiger partial charge in [0.15, 0.2) is 0 Å². The molecule has 7 nitrogen and oxygen atoms in total. The molecule has 25 heavy (non-hydrogen) atoms. The molecule has 0 aliphatic heterocycles. The van der Waals surface area contributed by atoms with E-state index >= 15 is 0 Å². The van der Waals surface area contributed by atoms with Crippen LogP contribution in [0.4, 0.5) is 0 Å². The highest BCUT2D eigenvalue weighted by atomic mass is 16.4. The van der Waals surface area contributed by atoms with Crippen LogP contribution in [0.2, 0.25) is 0 Å². The van der Waals surface area contributed by atoms with E-state index in [0.717, 1.165) is 17.5 Å². The fourth-order valence-corrected chi connectivity index (χ4v) is 2.17. The van der Waals surface area contributed by atoms with Crippen LogP contribution in [0.15, 0.2) is 28.7 Å². The molecular formula is C18H24N4O3. The summed E-state index contributed by atoms with van der Waals surface area (Å²) < 4.78 is 5.58. The number of aromatic nitrogens is 2. The number of nitrogens with zero attached hydrogens (tertiary/aromatic N) is 2. The summed E-state index contributed by atoms with van der Waals surface area (Å²) in [5.41, 5.74) is 1.99. The first-order valence-electron chi connectivity index (χ1n) is 8.46. The van der Waals surface area contributed by atoms with Gasteiger partial charge in [-0.1, -0.05) is 24.6 Å². The average molecular weight is 344 g/mol. The second-order valence-corrected chi connectivity index (χ2v) is 5.95. The van der Waals surface area contributed by atoms with Crippen molar-refractivity contribution in [3.05, 3.63) is 35.7 Å². The molecule has 0 saturated heterocycles. The van der Waals surface area contributed by atoms with Crippen molar-refractivity contribution in [3.63, 3.8) is 0 Å². The van der Waals surface area contributed by atoms with E-state index in [1.807, 2.05) is 38.1 Å². The lowest BCUT2D eigenvalue weighted by Crippen LogP contribution is -2.45. The normalized spacial score (nSPS) is 11.8. The zero-order valence-corrected chi connectivity index (χ0v) is 14.8. The molecule has 1 unspecified atom stereocenters. The first-order valence-corrected chi connectivity index (χ1v) is 8.46. The molecular weight excluding hydrogens is 320 g/mol. The van der Waals surface area contributed by atoms with Gasteiger partial charge in [0.05, 0.1) is 0 Å². The Morgan fingerprint density at radius 2 is 1.92 bits per heavy atom. The number of nitrogens with one attached hydrogen (secondary N) is 2. The van der Waals surface area contributed by atoms with Crippen molar-refractivity contribution in [2.75, 3.05) is 6.54 Å². The first-order chi connectivity index (χ1) is 12.0. The smallest absolute Gasteiger partial charge is 0.247 e. The third kappa shape index (κ3) is 5.70. The molecule has 0 spiro atoms. The highest BCUT2D eigenvalue weighted by molar-refractivity contribution is 5.87. The van der Waals surface area contributed by atoms with Gasteiger partial charge in [0, 0.05) is 24.9 Å². The number of benzene rings is 1. The fraction of sp³-hybridized carbons (Fsp3) is 0.444. The van der Waals surface area contributed by atoms with Crippen LogP contribution in [0.3, 0.4) is 0 Å². The Hall–Kier alpha value is -2.70. The molecule has 0 saturated carbocycles. The molecule has 0 radical (unpaired) electrons. The van der Waals surface area contributed by atoms with Crippen LogP contribution in [0.25, 0.3) is 11.5 Å². The molecule has 1 heterocycles. The Labute approximate surface area is 147 Å². The van der Waals surface area contributed by atoms with Gasteiger partial charge in [-0.25, -0.2) is 0 Å². The van der Waals surface area contributed by atoms with Gasteiger partial charge in [-0.2, -0.15) is 0 Å². The van der Waals surface area contributed by atoms with E-state index in [1.165, 1.54) is 0 Å². The Morgan fingerprint density at radius 3 is 2.60 bits per heavy atom. The van der Waals surface area contributed by atoms with Crippen molar-refractivity contribution in [1.82, 2.24) is 20.8 Å². The van der Waals surface area contributed by atoms with Gasteiger partial charge < -0.3 is 15.1 Å². The number of rotatable bonds is 8. The van der Waals surface area contributed by atoms with Crippen LogP contribution in [-0.2, 0) is 16.0 Å². The summed E-state index contributed by atoms with van der Waals surface area (Å²) >= 11 is 0. The minimum absolute atomic E-state index is 0.181. The summed E-state index contributed by atoms with van der Waals surface area (Å²) in [6.45, 7) is 6.23. The van der Waals surface area contributed by atoms with Gasteiger partial charge in [0.1, 0.15) is 6.04 Å². The third-order valence-corrected chi connectivity index (χ3v) is 3.65. The molecule has 0 aliphatic carbocycles. The summed E-state index contributed by atoms with van der Waals surface area (Å²) in [6, 6.07) is 7.20. The van der Waals surface area contributed by atoms with Crippen molar-refractivity contribution in [2.24, 2.45) is 0 Å². The van der Waals surface area contributed by atoms with Gasteiger partial charge in [0.2, 0.25) is 23.6 Å². The molecule has 1 aromatic carbocycles. The van der Waals surface area contributed by atoms with E-state index in [-0.39, 0.29) is 18.2 Å². The van der Waals surface area contributed by atoms with Crippen LogP contribution in [0.1, 0.15) is 38.1 Å². The highest BCUT2D eigenvalue weighted by Gasteiger charge is 2.16. The summed E-state index contributed by atoms with van der Waals surface area (Å²) in [4.78, 5) is 23.7. The number of hydrogen-bond donors (Lipinski definition) is 2.